The Hall–Kier alpha value is -2.46. The zero-order chi connectivity index (χ0) is 13.8. The van der Waals surface area contributed by atoms with Gasteiger partial charge in [0.15, 0.2) is 5.82 Å². The topological polar surface area (TPSA) is 50.7 Å². The molecule has 0 radical (unpaired) electrons. The smallest absolute Gasteiger partial charge is 0.164 e. The first-order valence-electron chi connectivity index (χ1n) is 6.08. The van der Waals surface area contributed by atoms with E-state index in [4.69, 9.17) is 11.6 Å². The molecule has 0 aliphatic carbocycles. The van der Waals surface area contributed by atoms with E-state index in [1.54, 1.807) is 18.5 Å². The number of para-hydroxylation sites is 1. The van der Waals surface area contributed by atoms with E-state index in [-0.39, 0.29) is 0 Å². The van der Waals surface area contributed by atoms with Gasteiger partial charge in [0, 0.05) is 29.7 Å². The maximum absolute atomic E-state index is 6.05. The molecule has 0 unspecified atom stereocenters. The summed E-state index contributed by atoms with van der Waals surface area (Å²) in [6.07, 6.45) is 3.41. The van der Waals surface area contributed by atoms with Crippen molar-refractivity contribution < 1.29 is 0 Å². The molecule has 3 aromatic rings. The highest BCUT2D eigenvalue weighted by Crippen LogP contribution is 2.21. The lowest BCUT2D eigenvalue weighted by atomic mass is 10.2. The second-order valence-corrected chi connectivity index (χ2v) is 4.52. The highest BCUT2D eigenvalue weighted by atomic mass is 35.5. The van der Waals surface area contributed by atoms with Gasteiger partial charge in [0.05, 0.1) is 0 Å². The average molecular weight is 283 g/mol. The Morgan fingerprint density at radius 3 is 2.55 bits per heavy atom. The summed E-state index contributed by atoms with van der Waals surface area (Å²) in [4.78, 5) is 12.7. The largest absolute Gasteiger partial charge is 0.340 e. The molecular weight excluding hydrogens is 272 g/mol. The summed E-state index contributed by atoms with van der Waals surface area (Å²) in [6.45, 7) is 0. The molecule has 5 heteroatoms. The van der Waals surface area contributed by atoms with Crippen LogP contribution in [0.1, 0.15) is 0 Å². The summed E-state index contributed by atoms with van der Waals surface area (Å²) in [5, 5.41) is 3.59. The zero-order valence-corrected chi connectivity index (χ0v) is 11.2. The van der Waals surface area contributed by atoms with Crippen molar-refractivity contribution in [2.75, 3.05) is 5.32 Å². The molecule has 3 rings (SSSR count). The molecule has 0 saturated carbocycles. The van der Waals surface area contributed by atoms with E-state index in [0.29, 0.717) is 16.8 Å². The number of aromatic nitrogens is 3. The van der Waals surface area contributed by atoms with Gasteiger partial charge in [0.1, 0.15) is 11.0 Å². The minimum atomic E-state index is 0.386. The summed E-state index contributed by atoms with van der Waals surface area (Å²) < 4.78 is 0. The number of benzene rings is 1. The molecule has 0 bridgehead atoms. The molecule has 0 atom stereocenters. The van der Waals surface area contributed by atoms with Crippen molar-refractivity contribution in [3.63, 3.8) is 0 Å². The van der Waals surface area contributed by atoms with Gasteiger partial charge in [0.25, 0.3) is 0 Å². The first kappa shape index (κ1) is 12.6. The molecule has 98 valence electrons. The quantitative estimate of drug-likeness (QED) is 0.739. The van der Waals surface area contributed by atoms with Crippen molar-refractivity contribution in [1.29, 1.82) is 0 Å². The Morgan fingerprint density at radius 2 is 1.80 bits per heavy atom. The summed E-state index contributed by atoms with van der Waals surface area (Å²) in [5.41, 5.74) is 1.77. The number of anilines is 2. The van der Waals surface area contributed by atoms with Crippen LogP contribution >= 0.6 is 11.6 Å². The second kappa shape index (κ2) is 5.67. The Balaban J connectivity index is 1.95. The minimum Gasteiger partial charge on any atom is -0.340 e. The van der Waals surface area contributed by atoms with Gasteiger partial charge < -0.3 is 5.32 Å². The van der Waals surface area contributed by atoms with Gasteiger partial charge in [-0.25, -0.2) is 9.97 Å². The van der Waals surface area contributed by atoms with Crippen LogP contribution in [0.15, 0.2) is 60.9 Å². The first-order valence-corrected chi connectivity index (χ1v) is 6.46. The van der Waals surface area contributed by atoms with Crippen LogP contribution in [0, 0.1) is 0 Å². The number of pyridine rings is 1. The van der Waals surface area contributed by atoms with Crippen LogP contribution in [-0.2, 0) is 0 Å². The van der Waals surface area contributed by atoms with Gasteiger partial charge in [-0.05, 0) is 24.3 Å². The molecule has 0 amide bonds. The lowest BCUT2D eigenvalue weighted by Gasteiger charge is -2.07. The second-order valence-electron chi connectivity index (χ2n) is 4.13. The van der Waals surface area contributed by atoms with E-state index in [1.807, 2.05) is 42.5 Å². The average Bonchev–Trinajstić information content (AvgIpc) is 2.49. The standard InChI is InChI=1S/C15H11ClN4/c16-13-9-14(18-12-6-2-1-3-7-12)20-15(19-13)11-5-4-8-17-10-11/h1-10H,(H,18,19,20). The van der Waals surface area contributed by atoms with Crippen LogP contribution in [-0.4, -0.2) is 15.0 Å². The number of rotatable bonds is 3. The third-order valence-corrected chi connectivity index (χ3v) is 2.85. The molecule has 2 aromatic heterocycles. The molecule has 2 heterocycles. The van der Waals surface area contributed by atoms with Gasteiger partial charge in [0.2, 0.25) is 0 Å². The number of nitrogens with zero attached hydrogens (tertiary/aromatic N) is 3. The van der Waals surface area contributed by atoms with E-state index in [2.05, 4.69) is 20.3 Å². The van der Waals surface area contributed by atoms with E-state index >= 15 is 0 Å². The molecule has 1 N–H and O–H groups in total. The predicted molar refractivity (Wildman–Crippen MR) is 80.0 cm³/mol. The Kier molecular flexibility index (Phi) is 3.56. The van der Waals surface area contributed by atoms with Crippen LogP contribution in [0.25, 0.3) is 11.4 Å². The van der Waals surface area contributed by atoms with Crippen molar-refractivity contribution in [1.82, 2.24) is 15.0 Å². The van der Waals surface area contributed by atoms with Gasteiger partial charge in [-0.3, -0.25) is 4.98 Å². The van der Waals surface area contributed by atoms with Gasteiger partial charge in [-0.1, -0.05) is 29.8 Å². The SMILES string of the molecule is Clc1cc(Nc2ccccc2)nc(-c2cccnc2)n1. The van der Waals surface area contributed by atoms with E-state index in [9.17, 15) is 0 Å². The lowest BCUT2D eigenvalue weighted by molar-refractivity contribution is 1.16. The Morgan fingerprint density at radius 1 is 0.950 bits per heavy atom. The van der Waals surface area contributed by atoms with E-state index in [1.165, 1.54) is 0 Å². The number of nitrogens with one attached hydrogen (secondary N) is 1. The maximum Gasteiger partial charge on any atom is 0.164 e. The molecule has 0 aliphatic heterocycles. The lowest BCUT2D eigenvalue weighted by Crippen LogP contribution is -1.97. The molecule has 4 nitrogen and oxygen atoms in total. The van der Waals surface area contributed by atoms with Gasteiger partial charge in [-0.15, -0.1) is 0 Å². The monoisotopic (exact) mass is 282 g/mol. The van der Waals surface area contributed by atoms with Crippen LogP contribution < -0.4 is 5.32 Å². The highest BCUT2D eigenvalue weighted by Gasteiger charge is 2.06. The molecule has 0 fully saturated rings. The number of hydrogen-bond donors (Lipinski definition) is 1. The molecular formula is C15H11ClN4. The maximum atomic E-state index is 6.05. The summed E-state index contributed by atoms with van der Waals surface area (Å²) in [7, 11) is 0. The summed E-state index contributed by atoms with van der Waals surface area (Å²) in [5.74, 6) is 1.19. The van der Waals surface area contributed by atoms with E-state index in [0.717, 1.165) is 11.3 Å². The van der Waals surface area contributed by atoms with Crippen LogP contribution in [0.5, 0.6) is 0 Å². The molecule has 1 aromatic carbocycles. The van der Waals surface area contributed by atoms with Crippen LogP contribution in [0.3, 0.4) is 0 Å². The van der Waals surface area contributed by atoms with Crippen molar-refractivity contribution in [3.05, 3.63) is 66.1 Å². The van der Waals surface area contributed by atoms with Crippen molar-refractivity contribution in [2.45, 2.75) is 0 Å². The fraction of sp³-hybridized carbons (Fsp3) is 0. The molecule has 20 heavy (non-hydrogen) atoms. The number of halogens is 1. The van der Waals surface area contributed by atoms with Crippen LogP contribution in [0.4, 0.5) is 11.5 Å². The fourth-order valence-corrected chi connectivity index (χ4v) is 1.96. The predicted octanol–water partition coefficient (Wildman–Crippen LogP) is 3.94. The van der Waals surface area contributed by atoms with Gasteiger partial charge >= 0.3 is 0 Å². The third-order valence-electron chi connectivity index (χ3n) is 2.66. The van der Waals surface area contributed by atoms with Crippen molar-refractivity contribution in [3.8, 4) is 11.4 Å². The minimum absolute atomic E-state index is 0.386. The zero-order valence-electron chi connectivity index (χ0n) is 10.5. The first-order chi connectivity index (χ1) is 9.81. The fourth-order valence-electron chi connectivity index (χ4n) is 1.78. The van der Waals surface area contributed by atoms with E-state index < -0.39 is 0 Å². The number of hydrogen-bond acceptors (Lipinski definition) is 4. The highest BCUT2D eigenvalue weighted by molar-refractivity contribution is 6.29. The Bertz CT molecular complexity index is 702. The molecule has 0 spiro atoms. The van der Waals surface area contributed by atoms with Gasteiger partial charge in [-0.2, -0.15) is 0 Å². The van der Waals surface area contributed by atoms with Crippen molar-refractivity contribution in [2.24, 2.45) is 0 Å². The Labute approximate surface area is 121 Å². The molecule has 0 saturated heterocycles. The normalized spacial score (nSPS) is 10.2. The summed E-state index contributed by atoms with van der Waals surface area (Å²) in [6, 6.07) is 15.2. The molecule has 0 aliphatic rings. The summed E-state index contributed by atoms with van der Waals surface area (Å²) >= 11 is 6.05. The third kappa shape index (κ3) is 2.92. The van der Waals surface area contributed by atoms with Crippen LogP contribution in [0.2, 0.25) is 5.15 Å². The van der Waals surface area contributed by atoms with Crippen molar-refractivity contribution >= 4 is 23.1 Å².